The summed E-state index contributed by atoms with van der Waals surface area (Å²) in [5, 5.41) is 12.8. The fraction of sp³-hybridized carbons (Fsp3) is 0.400. The Kier molecular flexibility index (Phi) is 4.98. The molecule has 4 heteroatoms. The molecule has 0 radical (unpaired) electrons. The van der Waals surface area contributed by atoms with Crippen molar-refractivity contribution < 1.29 is 5.11 Å². The molecule has 0 fully saturated rings. The molecular weight excluding hydrogens is 238 g/mol. The molecule has 2 rings (SSSR count). The van der Waals surface area contributed by atoms with Crippen LogP contribution >= 0.6 is 0 Å². The number of phenols is 1. The van der Waals surface area contributed by atoms with Crippen LogP contribution in [0.15, 0.2) is 36.8 Å². The molecule has 1 heterocycles. The molecule has 0 amide bonds. The fourth-order valence-corrected chi connectivity index (χ4v) is 2.01. The molecule has 2 aromatic rings. The van der Waals surface area contributed by atoms with E-state index in [-0.39, 0.29) is 0 Å². The van der Waals surface area contributed by atoms with Crippen LogP contribution in [0.4, 0.5) is 0 Å². The Hall–Kier alpha value is -1.81. The minimum absolute atomic E-state index is 0.307. The van der Waals surface area contributed by atoms with Crippen LogP contribution in [0.1, 0.15) is 24.6 Å². The van der Waals surface area contributed by atoms with Crippen molar-refractivity contribution in [1.82, 2.24) is 14.9 Å². The third kappa shape index (κ3) is 4.41. The van der Waals surface area contributed by atoms with Gasteiger partial charge in [0.15, 0.2) is 0 Å². The summed E-state index contributed by atoms with van der Waals surface area (Å²) >= 11 is 0. The summed E-state index contributed by atoms with van der Waals surface area (Å²) < 4.78 is 2.05. The minimum atomic E-state index is 0.307. The minimum Gasteiger partial charge on any atom is -0.508 e. The summed E-state index contributed by atoms with van der Waals surface area (Å²) in [5.41, 5.74) is 2.18. The maximum Gasteiger partial charge on any atom is 0.115 e. The van der Waals surface area contributed by atoms with Crippen LogP contribution in [0.2, 0.25) is 0 Å². The van der Waals surface area contributed by atoms with Gasteiger partial charge >= 0.3 is 0 Å². The molecule has 0 aliphatic carbocycles. The highest BCUT2D eigenvalue weighted by Gasteiger charge is 2.00. The molecule has 0 unspecified atom stereocenters. The summed E-state index contributed by atoms with van der Waals surface area (Å²) in [6, 6.07) is 7.32. The lowest BCUT2D eigenvalue weighted by Crippen LogP contribution is -2.17. The zero-order chi connectivity index (χ0) is 13.5. The van der Waals surface area contributed by atoms with Gasteiger partial charge in [0.25, 0.3) is 0 Å². The van der Waals surface area contributed by atoms with Gasteiger partial charge < -0.3 is 15.0 Å². The van der Waals surface area contributed by atoms with Gasteiger partial charge in [-0.15, -0.1) is 0 Å². The molecule has 0 saturated heterocycles. The first-order valence-corrected chi connectivity index (χ1v) is 6.77. The largest absolute Gasteiger partial charge is 0.508 e. The van der Waals surface area contributed by atoms with Crippen LogP contribution in [0, 0.1) is 0 Å². The predicted molar refractivity (Wildman–Crippen MR) is 76.3 cm³/mol. The van der Waals surface area contributed by atoms with Crippen molar-refractivity contribution >= 4 is 0 Å². The summed E-state index contributed by atoms with van der Waals surface area (Å²) in [7, 11) is 0. The molecule has 1 aromatic heterocycles. The molecule has 0 bridgehead atoms. The molecule has 102 valence electrons. The Labute approximate surface area is 114 Å². The lowest BCUT2D eigenvalue weighted by molar-refractivity contribution is 0.474. The second-order valence-corrected chi connectivity index (χ2v) is 4.71. The lowest BCUT2D eigenvalue weighted by Gasteiger charge is -2.03. The zero-order valence-corrected chi connectivity index (χ0v) is 11.3. The molecule has 0 aliphatic heterocycles. The number of aromatic hydroxyl groups is 1. The summed E-state index contributed by atoms with van der Waals surface area (Å²) in [4.78, 5) is 4.39. The average molecular weight is 259 g/mol. The standard InChI is InChI=1S/C15H21N3O/c1-2-7-16-8-6-14-11-18(12-17-14)10-13-4-3-5-15(19)9-13/h3-5,9,11-12,16,19H,2,6-8,10H2,1H3. The smallest absolute Gasteiger partial charge is 0.115 e. The Morgan fingerprint density at radius 3 is 3.00 bits per heavy atom. The summed E-state index contributed by atoms with van der Waals surface area (Å²) in [5.74, 6) is 0.307. The van der Waals surface area contributed by atoms with Gasteiger partial charge in [0.2, 0.25) is 0 Å². The maximum atomic E-state index is 9.43. The molecule has 0 aliphatic rings. The lowest BCUT2D eigenvalue weighted by atomic mass is 10.2. The van der Waals surface area contributed by atoms with E-state index in [1.807, 2.05) is 23.0 Å². The van der Waals surface area contributed by atoms with Crippen LogP contribution in [0.25, 0.3) is 0 Å². The normalized spacial score (nSPS) is 10.8. The van der Waals surface area contributed by atoms with Gasteiger partial charge in [-0.05, 0) is 30.7 Å². The zero-order valence-electron chi connectivity index (χ0n) is 11.3. The van der Waals surface area contributed by atoms with Gasteiger partial charge in [-0.1, -0.05) is 19.1 Å². The Bertz CT molecular complexity index is 508. The van der Waals surface area contributed by atoms with Crippen LogP contribution in [0.5, 0.6) is 5.75 Å². The van der Waals surface area contributed by atoms with Crippen LogP contribution in [-0.2, 0) is 13.0 Å². The van der Waals surface area contributed by atoms with Gasteiger partial charge in [-0.3, -0.25) is 0 Å². The second-order valence-electron chi connectivity index (χ2n) is 4.71. The first-order chi connectivity index (χ1) is 9.28. The third-order valence-corrected chi connectivity index (χ3v) is 2.95. The van der Waals surface area contributed by atoms with Gasteiger partial charge in [0.05, 0.1) is 12.0 Å². The van der Waals surface area contributed by atoms with E-state index >= 15 is 0 Å². The first kappa shape index (κ1) is 13.6. The maximum absolute atomic E-state index is 9.43. The van der Waals surface area contributed by atoms with Crippen molar-refractivity contribution in [3.05, 3.63) is 48.0 Å². The molecule has 1 aromatic carbocycles. The van der Waals surface area contributed by atoms with E-state index in [2.05, 4.69) is 23.4 Å². The Morgan fingerprint density at radius 2 is 2.21 bits per heavy atom. The van der Waals surface area contributed by atoms with E-state index in [0.717, 1.165) is 43.7 Å². The van der Waals surface area contributed by atoms with Crippen LogP contribution in [-0.4, -0.2) is 27.7 Å². The van der Waals surface area contributed by atoms with E-state index < -0.39 is 0 Å². The molecular formula is C15H21N3O. The number of nitrogens with one attached hydrogen (secondary N) is 1. The number of hydrogen-bond donors (Lipinski definition) is 2. The third-order valence-electron chi connectivity index (χ3n) is 2.95. The molecule has 19 heavy (non-hydrogen) atoms. The number of benzene rings is 1. The number of imidazole rings is 1. The van der Waals surface area contributed by atoms with Gasteiger partial charge in [0.1, 0.15) is 5.75 Å². The molecule has 0 spiro atoms. The summed E-state index contributed by atoms with van der Waals surface area (Å²) in [6.45, 7) is 4.93. The van der Waals surface area contributed by atoms with Gasteiger partial charge in [0, 0.05) is 25.7 Å². The van der Waals surface area contributed by atoms with E-state index in [4.69, 9.17) is 0 Å². The SMILES string of the molecule is CCCNCCc1cn(Cc2cccc(O)c2)cn1. The Morgan fingerprint density at radius 1 is 1.32 bits per heavy atom. The van der Waals surface area contributed by atoms with E-state index in [0.29, 0.717) is 5.75 Å². The monoisotopic (exact) mass is 259 g/mol. The first-order valence-electron chi connectivity index (χ1n) is 6.77. The predicted octanol–water partition coefficient (Wildman–Crippen LogP) is 2.18. The van der Waals surface area contributed by atoms with Crippen molar-refractivity contribution in [3.8, 4) is 5.75 Å². The van der Waals surface area contributed by atoms with Crippen molar-refractivity contribution in [3.63, 3.8) is 0 Å². The molecule has 4 nitrogen and oxygen atoms in total. The number of nitrogens with zero attached hydrogens (tertiary/aromatic N) is 2. The van der Waals surface area contributed by atoms with Crippen molar-refractivity contribution in [1.29, 1.82) is 0 Å². The van der Waals surface area contributed by atoms with E-state index in [1.165, 1.54) is 0 Å². The fourth-order valence-electron chi connectivity index (χ4n) is 2.01. The molecule has 0 atom stereocenters. The van der Waals surface area contributed by atoms with E-state index in [9.17, 15) is 5.11 Å². The number of hydrogen-bond acceptors (Lipinski definition) is 3. The Balaban J connectivity index is 1.87. The highest BCUT2D eigenvalue weighted by Crippen LogP contribution is 2.12. The van der Waals surface area contributed by atoms with Crippen molar-refractivity contribution in [2.24, 2.45) is 0 Å². The average Bonchev–Trinajstić information content (AvgIpc) is 2.82. The summed E-state index contributed by atoms with van der Waals surface area (Å²) in [6.07, 6.45) is 6.02. The van der Waals surface area contributed by atoms with E-state index in [1.54, 1.807) is 12.1 Å². The number of phenolic OH excluding ortho intramolecular Hbond substituents is 1. The number of aromatic nitrogens is 2. The van der Waals surface area contributed by atoms with Gasteiger partial charge in [-0.2, -0.15) is 0 Å². The quantitative estimate of drug-likeness (QED) is 0.749. The second kappa shape index (κ2) is 6.95. The molecule has 0 saturated carbocycles. The van der Waals surface area contributed by atoms with Crippen LogP contribution in [0.3, 0.4) is 0 Å². The van der Waals surface area contributed by atoms with Crippen molar-refractivity contribution in [2.75, 3.05) is 13.1 Å². The van der Waals surface area contributed by atoms with Gasteiger partial charge in [-0.25, -0.2) is 4.98 Å². The van der Waals surface area contributed by atoms with Crippen molar-refractivity contribution in [2.45, 2.75) is 26.3 Å². The topological polar surface area (TPSA) is 50.1 Å². The molecule has 2 N–H and O–H groups in total. The highest BCUT2D eigenvalue weighted by molar-refractivity contribution is 5.27. The number of rotatable bonds is 7. The highest BCUT2D eigenvalue weighted by atomic mass is 16.3. The van der Waals surface area contributed by atoms with Crippen LogP contribution < -0.4 is 5.32 Å².